The average molecular weight is 282 g/mol. The number of aliphatic carboxylic acids is 1. The van der Waals surface area contributed by atoms with Crippen LogP contribution in [0.2, 0.25) is 0 Å². The zero-order valence-corrected chi connectivity index (χ0v) is 12.0. The average Bonchev–Trinajstić information content (AvgIpc) is 2.48. The van der Waals surface area contributed by atoms with Gasteiger partial charge >= 0.3 is 5.97 Å². The minimum Gasteiger partial charge on any atom is -0.480 e. The standard InChI is InChI=1S/C17H18N2O2/c1-12-6-7-15(18-9-12)11-19-10-14-5-3-2-4-13(14)8-16(19)17(20)21/h2-7,9,16H,8,10-11H2,1H3,(H,20,21). The highest BCUT2D eigenvalue weighted by Gasteiger charge is 2.31. The molecule has 4 nitrogen and oxygen atoms in total. The third-order valence-electron chi connectivity index (χ3n) is 3.97. The highest BCUT2D eigenvalue weighted by atomic mass is 16.4. The molecular formula is C17H18N2O2. The number of fused-ring (bicyclic) bond motifs is 1. The Hall–Kier alpha value is -2.20. The van der Waals surface area contributed by atoms with E-state index < -0.39 is 12.0 Å². The summed E-state index contributed by atoms with van der Waals surface area (Å²) in [6, 6.07) is 11.6. The van der Waals surface area contributed by atoms with Crippen LogP contribution in [-0.2, 0) is 24.3 Å². The van der Waals surface area contributed by atoms with Crippen molar-refractivity contribution in [2.24, 2.45) is 0 Å². The predicted octanol–water partition coefficient (Wildman–Crippen LogP) is 2.40. The summed E-state index contributed by atoms with van der Waals surface area (Å²) in [4.78, 5) is 17.9. The fourth-order valence-corrected chi connectivity index (χ4v) is 2.79. The van der Waals surface area contributed by atoms with Gasteiger partial charge in [-0.05, 0) is 36.1 Å². The number of aryl methyl sites for hydroxylation is 1. The minimum atomic E-state index is -0.767. The Kier molecular flexibility index (Phi) is 3.71. The molecule has 0 saturated carbocycles. The molecule has 0 aliphatic carbocycles. The van der Waals surface area contributed by atoms with Crippen molar-refractivity contribution in [2.45, 2.75) is 32.5 Å². The SMILES string of the molecule is Cc1ccc(CN2Cc3ccccc3CC2C(=O)O)nc1. The van der Waals surface area contributed by atoms with Gasteiger partial charge in [-0.3, -0.25) is 14.7 Å². The molecule has 1 aromatic heterocycles. The van der Waals surface area contributed by atoms with Gasteiger partial charge in [0.25, 0.3) is 0 Å². The molecule has 1 unspecified atom stereocenters. The first-order valence-corrected chi connectivity index (χ1v) is 7.08. The first-order chi connectivity index (χ1) is 10.1. The fourth-order valence-electron chi connectivity index (χ4n) is 2.79. The molecule has 2 heterocycles. The van der Waals surface area contributed by atoms with Crippen molar-refractivity contribution in [3.05, 3.63) is 65.0 Å². The lowest BCUT2D eigenvalue weighted by molar-refractivity contribution is -0.144. The van der Waals surface area contributed by atoms with Crippen LogP contribution in [0.15, 0.2) is 42.6 Å². The molecule has 21 heavy (non-hydrogen) atoms. The lowest BCUT2D eigenvalue weighted by atomic mass is 9.94. The molecule has 0 spiro atoms. The van der Waals surface area contributed by atoms with Crippen LogP contribution < -0.4 is 0 Å². The molecule has 1 aliphatic rings. The highest BCUT2D eigenvalue weighted by molar-refractivity contribution is 5.74. The van der Waals surface area contributed by atoms with E-state index >= 15 is 0 Å². The number of carbonyl (C=O) groups is 1. The van der Waals surface area contributed by atoms with E-state index in [9.17, 15) is 9.90 Å². The van der Waals surface area contributed by atoms with Crippen LogP contribution in [0.3, 0.4) is 0 Å². The molecule has 3 rings (SSSR count). The Labute approximate surface area is 124 Å². The van der Waals surface area contributed by atoms with Gasteiger partial charge in [0.2, 0.25) is 0 Å². The van der Waals surface area contributed by atoms with Crippen molar-refractivity contribution in [1.29, 1.82) is 0 Å². The zero-order chi connectivity index (χ0) is 14.8. The van der Waals surface area contributed by atoms with E-state index in [0.29, 0.717) is 19.5 Å². The molecule has 1 N–H and O–H groups in total. The van der Waals surface area contributed by atoms with Crippen molar-refractivity contribution in [3.8, 4) is 0 Å². The molecule has 0 amide bonds. The Morgan fingerprint density at radius 3 is 2.71 bits per heavy atom. The van der Waals surface area contributed by atoms with E-state index in [-0.39, 0.29) is 0 Å². The van der Waals surface area contributed by atoms with Crippen LogP contribution in [0.1, 0.15) is 22.4 Å². The summed E-state index contributed by atoms with van der Waals surface area (Å²) < 4.78 is 0. The second-order valence-electron chi connectivity index (χ2n) is 5.56. The van der Waals surface area contributed by atoms with E-state index in [1.165, 1.54) is 5.56 Å². The molecule has 4 heteroatoms. The monoisotopic (exact) mass is 282 g/mol. The number of hydrogen-bond acceptors (Lipinski definition) is 3. The molecule has 108 valence electrons. The second kappa shape index (κ2) is 5.66. The van der Waals surface area contributed by atoms with Crippen molar-refractivity contribution in [2.75, 3.05) is 0 Å². The molecule has 0 saturated heterocycles. The van der Waals surface area contributed by atoms with Crippen molar-refractivity contribution in [3.63, 3.8) is 0 Å². The summed E-state index contributed by atoms with van der Waals surface area (Å²) >= 11 is 0. The third kappa shape index (κ3) is 2.95. The van der Waals surface area contributed by atoms with Crippen LogP contribution in [0, 0.1) is 6.92 Å². The number of pyridine rings is 1. The number of nitrogens with zero attached hydrogens (tertiary/aromatic N) is 2. The molecule has 0 fully saturated rings. The quantitative estimate of drug-likeness (QED) is 0.939. The van der Waals surface area contributed by atoms with E-state index in [0.717, 1.165) is 16.8 Å². The summed E-state index contributed by atoms with van der Waals surface area (Å²) in [6.45, 7) is 3.21. The van der Waals surface area contributed by atoms with Gasteiger partial charge in [-0.25, -0.2) is 0 Å². The number of hydrogen-bond donors (Lipinski definition) is 1. The number of aromatic nitrogens is 1. The lowest BCUT2D eigenvalue weighted by Gasteiger charge is -2.34. The molecule has 1 aromatic carbocycles. The van der Waals surface area contributed by atoms with Gasteiger partial charge in [0.1, 0.15) is 6.04 Å². The van der Waals surface area contributed by atoms with Gasteiger partial charge in [0.05, 0.1) is 5.69 Å². The molecule has 2 aromatic rings. The largest absolute Gasteiger partial charge is 0.480 e. The van der Waals surface area contributed by atoms with Gasteiger partial charge < -0.3 is 5.11 Å². The van der Waals surface area contributed by atoms with Crippen molar-refractivity contribution < 1.29 is 9.90 Å². The highest BCUT2D eigenvalue weighted by Crippen LogP contribution is 2.24. The maximum absolute atomic E-state index is 11.6. The smallest absolute Gasteiger partial charge is 0.321 e. The Bertz CT molecular complexity index is 652. The molecule has 0 bridgehead atoms. The van der Waals surface area contributed by atoms with Crippen molar-refractivity contribution >= 4 is 5.97 Å². The minimum absolute atomic E-state index is 0.483. The van der Waals surface area contributed by atoms with Gasteiger partial charge in [0.15, 0.2) is 0 Å². The number of carboxylic acid groups (broad SMARTS) is 1. The lowest BCUT2D eigenvalue weighted by Crippen LogP contribution is -2.45. The van der Waals surface area contributed by atoms with E-state index in [2.05, 4.69) is 11.1 Å². The van der Waals surface area contributed by atoms with Crippen LogP contribution in [0.4, 0.5) is 0 Å². The summed E-state index contributed by atoms with van der Waals surface area (Å²) in [5, 5.41) is 9.49. The van der Waals surface area contributed by atoms with Crippen LogP contribution in [0.5, 0.6) is 0 Å². The van der Waals surface area contributed by atoms with Crippen LogP contribution in [-0.4, -0.2) is 27.0 Å². The molecule has 1 aliphatic heterocycles. The maximum Gasteiger partial charge on any atom is 0.321 e. The van der Waals surface area contributed by atoms with Gasteiger partial charge in [-0.15, -0.1) is 0 Å². The van der Waals surface area contributed by atoms with Crippen LogP contribution in [0.25, 0.3) is 0 Å². The first-order valence-electron chi connectivity index (χ1n) is 7.08. The number of carboxylic acids is 1. The zero-order valence-electron chi connectivity index (χ0n) is 12.0. The topological polar surface area (TPSA) is 53.4 Å². The summed E-state index contributed by atoms with van der Waals surface area (Å²) in [5.41, 5.74) is 4.36. The maximum atomic E-state index is 11.6. The van der Waals surface area contributed by atoms with E-state index in [1.807, 2.05) is 48.4 Å². The second-order valence-corrected chi connectivity index (χ2v) is 5.56. The fraction of sp³-hybridized carbons (Fsp3) is 0.294. The summed E-state index contributed by atoms with van der Waals surface area (Å²) in [5.74, 6) is -0.767. The van der Waals surface area contributed by atoms with Crippen molar-refractivity contribution in [1.82, 2.24) is 9.88 Å². The molecule has 0 radical (unpaired) electrons. The third-order valence-corrected chi connectivity index (χ3v) is 3.97. The summed E-state index contributed by atoms with van der Waals surface area (Å²) in [6.07, 6.45) is 2.38. The predicted molar refractivity (Wildman–Crippen MR) is 79.8 cm³/mol. The van der Waals surface area contributed by atoms with E-state index in [1.54, 1.807) is 0 Å². The van der Waals surface area contributed by atoms with Crippen LogP contribution >= 0.6 is 0 Å². The Balaban J connectivity index is 1.85. The normalized spacial score (nSPS) is 18.2. The number of benzene rings is 1. The van der Waals surface area contributed by atoms with E-state index in [4.69, 9.17) is 0 Å². The van der Waals surface area contributed by atoms with Gasteiger partial charge in [0, 0.05) is 19.3 Å². The first kappa shape index (κ1) is 13.8. The molecule has 1 atom stereocenters. The van der Waals surface area contributed by atoms with Gasteiger partial charge in [-0.2, -0.15) is 0 Å². The Morgan fingerprint density at radius 2 is 2.05 bits per heavy atom. The van der Waals surface area contributed by atoms with Gasteiger partial charge in [-0.1, -0.05) is 30.3 Å². The summed E-state index contributed by atoms with van der Waals surface area (Å²) in [7, 11) is 0. The number of rotatable bonds is 3. The Morgan fingerprint density at radius 1 is 1.29 bits per heavy atom. The molecular weight excluding hydrogens is 264 g/mol.